The van der Waals surface area contributed by atoms with Crippen molar-refractivity contribution in [2.24, 2.45) is 0 Å². The lowest BCUT2D eigenvalue weighted by Crippen LogP contribution is -2.31. The summed E-state index contributed by atoms with van der Waals surface area (Å²) in [5, 5.41) is 11.0. The van der Waals surface area contributed by atoms with E-state index in [0.717, 1.165) is 5.76 Å². The third-order valence-electron chi connectivity index (χ3n) is 1.75. The lowest BCUT2D eigenvalue weighted by atomic mass is 10.2. The van der Waals surface area contributed by atoms with Crippen LogP contribution in [0, 0.1) is 11.3 Å². The lowest BCUT2D eigenvalue weighted by Gasteiger charge is -2.04. The highest BCUT2D eigenvalue weighted by molar-refractivity contribution is 5.76. The Morgan fingerprint density at radius 3 is 3.14 bits per heavy atom. The molecule has 1 unspecified atom stereocenters. The predicted molar refractivity (Wildman–Crippen MR) is 50.2 cm³/mol. The number of carbonyl (C=O) groups is 1. The number of carbonyl (C=O) groups excluding carboxylic acids is 1. The molecule has 0 saturated heterocycles. The Labute approximate surface area is 82.5 Å². The standard InChI is InChI=1S/C10H12N2O2/c1-8(7-11)12-10(13)5-4-9-3-2-6-14-9/h2-3,6,8H,4-5H2,1H3,(H,12,13). The van der Waals surface area contributed by atoms with Crippen LogP contribution >= 0.6 is 0 Å². The van der Waals surface area contributed by atoms with Crippen LogP contribution in [0.25, 0.3) is 0 Å². The normalized spacial score (nSPS) is 11.7. The number of hydrogen-bond acceptors (Lipinski definition) is 3. The maximum atomic E-state index is 11.2. The van der Waals surface area contributed by atoms with Crippen LogP contribution in [0.3, 0.4) is 0 Å². The van der Waals surface area contributed by atoms with Crippen LogP contribution in [-0.2, 0) is 11.2 Å². The van der Waals surface area contributed by atoms with Crippen LogP contribution in [0.1, 0.15) is 19.1 Å². The van der Waals surface area contributed by atoms with Crippen molar-refractivity contribution in [2.75, 3.05) is 0 Å². The minimum atomic E-state index is -0.431. The van der Waals surface area contributed by atoms with E-state index >= 15 is 0 Å². The molecule has 1 aromatic rings. The third kappa shape index (κ3) is 3.31. The number of rotatable bonds is 4. The molecule has 0 spiro atoms. The Morgan fingerprint density at radius 2 is 2.57 bits per heavy atom. The molecule has 0 saturated carbocycles. The van der Waals surface area contributed by atoms with Crippen molar-refractivity contribution in [1.82, 2.24) is 5.32 Å². The van der Waals surface area contributed by atoms with Crippen molar-refractivity contribution in [3.05, 3.63) is 24.2 Å². The molecule has 0 aliphatic rings. The first kappa shape index (κ1) is 10.3. The lowest BCUT2D eigenvalue weighted by molar-refractivity contribution is -0.121. The maximum absolute atomic E-state index is 11.2. The second-order valence-electron chi connectivity index (χ2n) is 3.00. The first-order chi connectivity index (χ1) is 6.72. The summed E-state index contributed by atoms with van der Waals surface area (Å²) in [5.74, 6) is 0.653. The van der Waals surface area contributed by atoms with Crippen molar-refractivity contribution >= 4 is 5.91 Å². The van der Waals surface area contributed by atoms with Crippen LogP contribution in [0.4, 0.5) is 0 Å². The Hall–Kier alpha value is -1.76. The molecule has 1 atom stereocenters. The fraction of sp³-hybridized carbons (Fsp3) is 0.400. The van der Waals surface area contributed by atoms with Gasteiger partial charge in [0.15, 0.2) is 0 Å². The van der Waals surface area contributed by atoms with E-state index < -0.39 is 6.04 Å². The summed E-state index contributed by atoms with van der Waals surface area (Å²) in [4.78, 5) is 11.2. The summed E-state index contributed by atoms with van der Waals surface area (Å²) in [6.45, 7) is 1.64. The van der Waals surface area contributed by atoms with Crippen molar-refractivity contribution < 1.29 is 9.21 Å². The molecule has 1 N–H and O–H groups in total. The van der Waals surface area contributed by atoms with E-state index in [2.05, 4.69) is 5.32 Å². The maximum Gasteiger partial charge on any atom is 0.221 e. The van der Waals surface area contributed by atoms with Gasteiger partial charge in [0.25, 0.3) is 0 Å². The summed E-state index contributed by atoms with van der Waals surface area (Å²) in [6, 6.07) is 5.11. The van der Waals surface area contributed by atoms with E-state index in [9.17, 15) is 4.79 Å². The number of nitrogens with one attached hydrogen (secondary N) is 1. The molecule has 0 aromatic carbocycles. The number of amides is 1. The number of aryl methyl sites for hydroxylation is 1. The van der Waals surface area contributed by atoms with Gasteiger partial charge in [0.1, 0.15) is 11.8 Å². The van der Waals surface area contributed by atoms with Gasteiger partial charge in [0, 0.05) is 12.8 Å². The van der Waals surface area contributed by atoms with E-state index in [1.165, 1.54) is 0 Å². The van der Waals surface area contributed by atoms with Gasteiger partial charge in [0.05, 0.1) is 12.3 Å². The van der Waals surface area contributed by atoms with Gasteiger partial charge >= 0.3 is 0 Å². The summed E-state index contributed by atoms with van der Waals surface area (Å²) < 4.78 is 5.07. The summed E-state index contributed by atoms with van der Waals surface area (Å²) in [5.41, 5.74) is 0. The highest BCUT2D eigenvalue weighted by Gasteiger charge is 2.06. The van der Waals surface area contributed by atoms with Crippen LogP contribution in [-0.4, -0.2) is 11.9 Å². The zero-order valence-electron chi connectivity index (χ0n) is 7.99. The Balaban J connectivity index is 2.26. The predicted octanol–water partition coefficient (Wildman–Crippen LogP) is 1.24. The zero-order chi connectivity index (χ0) is 10.4. The van der Waals surface area contributed by atoms with Crippen molar-refractivity contribution in [3.8, 4) is 6.07 Å². The number of furan rings is 1. The Kier molecular flexibility index (Phi) is 3.74. The smallest absolute Gasteiger partial charge is 0.221 e. The van der Waals surface area contributed by atoms with Gasteiger partial charge < -0.3 is 9.73 Å². The van der Waals surface area contributed by atoms with Gasteiger partial charge in [0.2, 0.25) is 5.91 Å². The molecule has 0 aliphatic heterocycles. The molecule has 0 radical (unpaired) electrons. The van der Waals surface area contributed by atoms with E-state index in [0.29, 0.717) is 12.8 Å². The molecule has 1 amide bonds. The van der Waals surface area contributed by atoms with Crippen LogP contribution in [0.15, 0.2) is 22.8 Å². The molecule has 0 bridgehead atoms. The number of nitriles is 1. The highest BCUT2D eigenvalue weighted by Crippen LogP contribution is 2.03. The molecule has 1 heterocycles. The Morgan fingerprint density at radius 1 is 1.79 bits per heavy atom. The van der Waals surface area contributed by atoms with Gasteiger partial charge in [-0.3, -0.25) is 4.79 Å². The first-order valence-electron chi connectivity index (χ1n) is 4.43. The van der Waals surface area contributed by atoms with Crippen LogP contribution in [0.5, 0.6) is 0 Å². The van der Waals surface area contributed by atoms with Gasteiger partial charge in [-0.2, -0.15) is 5.26 Å². The topological polar surface area (TPSA) is 66.0 Å². The summed E-state index contributed by atoms with van der Waals surface area (Å²) >= 11 is 0. The Bertz CT molecular complexity index is 324. The van der Waals surface area contributed by atoms with E-state index in [-0.39, 0.29) is 5.91 Å². The second-order valence-corrected chi connectivity index (χ2v) is 3.00. The third-order valence-corrected chi connectivity index (χ3v) is 1.75. The van der Waals surface area contributed by atoms with Gasteiger partial charge in [-0.1, -0.05) is 0 Å². The van der Waals surface area contributed by atoms with Crippen molar-refractivity contribution in [2.45, 2.75) is 25.8 Å². The van der Waals surface area contributed by atoms with Crippen LogP contribution < -0.4 is 5.32 Å². The van der Waals surface area contributed by atoms with E-state index in [1.807, 2.05) is 12.1 Å². The van der Waals surface area contributed by atoms with Gasteiger partial charge in [-0.15, -0.1) is 0 Å². The molecular formula is C10H12N2O2. The fourth-order valence-electron chi connectivity index (χ4n) is 1.04. The molecule has 1 aromatic heterocycles. The molecule has 74 valence electrons. The first-order valence-corrected chi connectivity index (χ1v) is 4.43. The number of nitrogens with zero attached hydrogens (tertiary/aromatic N) is 1. The van der Waals surface area contributed by atoms with E-state index in [4.69, 9.17) is 9.68 Å². The number of hydrogen-bond donors (Lipinski definition) is 1. The van der Waals surface area contributed by atoms with Gasteiger partial charge in [-0.25, -0.2) is 0 Å². The molecular weight excluding hydrogens is 180 g/mol. The largest absolute Gasteiger partial charge is 0.469 e. The molecule has 0 aliphatic carbocycles. The SMILES string of the molecule is CC(C#N)NC(=O)CCc1ccco1. The molecule has 14 heavy (non-hydrogen) atoms. The van der Waals surface area contributed by atoms with E-state index in [1.54, 1.807) is 19.3 Å². The van der Waals surface area contributed by atoms with Crippen molar-refractivity contribution in [3.63, 3.8) is 0 Å². The quantitative estimate of drug-likeness (QED) is 0.780. The monoisotopic (exact) mass is 192 g/mol. The molecule has 1 rings (SSSR count). The summed E-state index contributed by atoms with van der Waals surface area (Å²) in [6.07, 6.45) is 2.49. The minimum Gasteiger partial charge on any atom is -0.469 e. The fourth-order valence-corrected chi connectivity index (χ4v) is 1.04. The van der Waals surface area contributed by atoms with Gasteiger partial charge in [-0.05, 0) is 19.1 Å². The van der Waals surface area contributed by atoms with Crippen molar-refractivity contribution in [1.29, 1.82) is 5.26 Å². The second kappa shape index (κ2) is 5.07. The zero-order valence-corrected chi connectivity index (χ0v) is 7.99. The average molecular weight is 192 g/mol. The summed E-state index contributed by atoms with van der Waals surface area (Å²) in [7, 11) is 0. The van der Waals surface area contributed by atoms with Crippen LogP contribution in [0.2, 0.25) is 0 Å². The molecule has 4 nitrogen and oxygen atoms in total. The molecule has 0 fully saturated rings. The molecule has 4 heteroatoms. The highest BCUT2D eigenvalue weighted by atomic mass is 16.3. The minimum absolute atomic E-state index is 0.129. The average Bonchev–Trinajstić information content (AvgIpc) is 2.67.